The number of methoxy groups -OCH3 is 3. The number of hydrazone groups is 1. The van der Waals surface area contributed by atoms with Crippen molar-refractivity contribution in [3.05, 3.63) is 53.1 Å². The Balaban J connectivity index is 1.71. The summed E-state index contributed by atoms with van der Waals surface area (Å²) < 4.78 is 16.4. The molecule has 0 saturated heterocycles. The first kappa shape index (κ1) is 15.8. The quantitative estimate of drug-likeness (QED) is 0.929. The molecule has 0 aromatic heterocycles. The van der Waals surface area contributed by atoms with Crippen molar-refractivity contribution in [2.75, 3.05) is 21.3 Å². The predicted octanol–water partition coefficient (Wildman–Crippen LogP) is 3.32. The predicted molar refractivity (Wildman–Crippen MR) is 96.8 cm³/mol. The lowest BCUT2D eigenvalue weighted by atomic mass is 9.77. The Hall–Kier alpha value is -2.69. The second-order valence-electron chi connectivity index (χ2n) is 6.36. The minimum Gasteiger partial charge on any atom is -0.493 e. The molecule has 25 heavy (non-hydrogen) atoms. The van der Waals surface area contributed by atoms with Crippen LogP contribution in [0, 0.1) is 5.92 Å². The molecule has 0 amide bonds. The van der Waals surface area contributed by atoms with Gasteiger partial charge in [0.05, 0.1) is 33.1 Å². The Bertz CT molecular complexity index is 806. The SMILES string of the molecule is COc1cc(C2NN=C3c4ccccc4CCC32)cc(OC)c1OC. The van der Waals surface area contributed by atoms with Crippen molar-refractivity contribution in [2.24, 2.45) is 11.0 Å². The maximum atomic E-state index is 5.50. The molecule has 2 aliphatic rings. The molecule has 4 rings (SSSR count). The number of hydrogen-bond acceptors (Lipinski definition) is 5. The fraction of sp³-hybridized carbons (Fsp3) is 0.350. The van der Waals surface area contributed by atoms with E-state index in [4.69, 9.17) is 14.2 Å². The number of ether oxygens (including phenoxy) is 3. The molecule has 130 valence electrons. The summed E-state index contributed by atoms with van der Waals surface area (Å²) in [5, 5.41) is 4.66. The molecule has 5 nitrogen and oxygen atoms in total. The molecule has 0 spiro atoms. The van der Waals surface area contributed by atoms with Gasteiger partial charge >= 0.3 is 0 Å². The average Bonchev–Trinajstić information content (AvgIpc) is 3.11. The monoisotopic (exact) mass is 338 g/mol. The molecule has 2 atom stereocenters. The van der Waals surface area contributed by atoms with Gasteiger partial charge in [-0.1, -0.05) is 24.3 Å². The molecule has 2 unspecified atom stereocenters. The van der Waals surface area contributed by atoms with Crippen LogP contribution in [0.25, 0.3) is 0 Å². The summed E-state index contributed by atoms with van der Waals surface area (Å²) in [6, 6.07) is 12.7. The van der Waals surface area contributed by atoms with Crippen LogP contribution in [0.1, 0.15) is 29.2 Å². The zero-order valence-corrected chi connectivity index (χ0v) is 14.7. The van der Waals surface area contributed by atoms with Gasteiger partial charge in [-0.3, -0.25) is 0 Å². The second-order valence-corrected chi connectivity index (χ2v) is 6.36. The van der Waals surface area contributed by atoms with Crippen molar-refractivity contribution < 1.29 is 14.2 Å². The van der Waals surface area contributed by atoms with Crippen molar-refractivity contribution in [1.82, 2.24) is 5.43 Å². The first-order chi connectivity index (χ1) is 12.3. The number of benzene rings is 2. The number of hydrogen-bond donors (Lipinski definition) is 1. The molecule has 5 heteroatoms. The maximum Gasteiger partial charge on any atom is 0.203 e. The van der Waals surface area contributed by atoms with Crippen LogP contribution in [-0.2, 0) is 6.42 Å². The molecular formula is C20H22N2O3. The number of fused-ring (bicyclic) bond motifs is 3. The number of nitrogens with zero attached hydrogens (tertiary/aromatic N) is 1. The second kappa shape index (κ2) is 6.31. The molecule has 0 radical (unpaired) electrons. The number of rotatable bonds is 4. The Morgan fingerprint density at radius 3 is 2.40 bits per heavy atom. The zero-order chi connectivity index (χ0) is 17.4. The Labute approximate surface area is 147 Å². The molecular weight excluding hydrogens is 316 g/mol. The van der Waals surface area contributed by atoms with Crippen LogP contribution in [0.5, 0.6) is 17.2 Å². The summed E-state index contributed by atoms with van der Waals surface area (Å²) in [6.45, 7) is 0. The van der Waals surface area contributed by atoms with Crippen LogP contribution < -0.4 is 19.6 Å². The lowest BCUT2D eigenvalue weighted by Gasteiger charge is -2.27. The van der Waals surface area contributed by atoms with E-state index in [-0.39, 0.29) is 6.04 Å². The molecule has 1 aliphatic carbocycles. The summed E-state index contributed by atoms with van der Waals surface area (Å²) in [5.74, 6) is 2.30. The van der Waals surface area contributed by atoms with Gasteiger partial charge in [0.2, 0.25) is 5.75 Å². The number of aryl methyl sites for hydroxylation is 1. The van der Waals surface area contributed by atoms with Gasteiger partial charge in [-0.15, -0.1) is 0 Å². The summed E-state index contributed by atoms with van der Waals surface area (Å²) >= 11 is 0. The smallest absolute Gasteiger partial charge is 0.203 e. The van der Waals surface area contributed by atoms with E-state index in [1.54, 1.807) is 21.3 Å². The van der Waals surface area contributed by atoms with Crippen LogP contribution in [-0.4, -0.2) is 27.0 Å². The standard InChI is InChI=1S/C20H22N2O3/c1-23-16-10-13(11-17(24-2)20(16)25-3)18-15-9-8-12-6-4-5-7-14(12)19(15)22-21-18/h4-7,10-11,15,18,21H,8-9H2,1-3H3. The lowest BCUT2D eigenvalue weighted by molar-refractivity contribution is 0.322. The summed E-state index contributed by atoms with van der Waals surface area (Å²) in [6.07, 6.45) is 2.15. The number of nitrogens with one attached hydrogen (secondary N) is 1. The molecule has 1 heterocycles. The Kier molecular flexibility index (Phi) is 3.99. The molecule has 0 fully saturated rings. The van der Waals surface area contributed by atoms with Crippen LogP contribution >= 0.6 is 0 Å². The largest absolute Gasteiger partial charge is 0.493 e. The zero-order valence-electron chi connectivity index (χ0n) is 14.7. The van der Waals surface area contributed by atoms with Gasteiger partial charge in [-0.25, -0.2) is 0 Å². The van der Waals surface area contributed by atoms with Crippen molar-refractivity contribution in [1.29, 1.82) is 0 Å². The van der Waals surface area contributed by atoms with Crippen molar-refractivity contribution in [3.8, 4) is 17.2 Å². The molecule has 2 aromatic rings. The van der Waals surface area contributed by atoms with E-state index < -0.39 is 0 Å². The van der Waals surface area contributed by atoms with E-state index in [0.29, 0.717) is 23.2 Å². The Morgan fingerprint density at radius 1 is 1.00 bits per heavy atom. The van der Waals surface area contributed by atoms with E-state index in [2.05, 4.69) is 34.8 Å². The van der Waals surface area contributed by atoms with E-state index in [1.807, 2.05) is 12.1 Å². The molecule has 2 aromatic carbocycles. The summed E-state index contributed by atoms with van der Waals surface area (Å²) in [4.78, 5) is 0. The summed E-state index contributed by atoms with van der Waals surface area (Å²) in [5.41, 5.74) is 8.22. The Morgan fingerprint density at radius 2 is 1.72 bits per heavy atom. The van der Waals surface area contributed by atoms with Gasteiger partial charge in [0, 0.05) is 11.5 Å². The third-order valence-electron chi connectivity index (χ3n) is 5.14. The average molecular weight is 338 g/mol. The van der Waals surface area contributed by atoms with E-state index in [9.17, 15) is 0 Å². The molecule has 1 N–H and O–H groups in total. The highest BCUT2D eigenvalue weighted by molar-refractivity contribution is 6.05. The van der Waals surface area contributed by atoms with Gasteiger partial charge in [0.25, 0.3) is 0 Å². The van der Waals surface area contributed by atoms with E-state index in [0.717, 1.165) is 24.1 Å². The third-order valence-corrected chi connectivity index (χ3v) is 5.14. The van der Waals surface area contributed by atoms with Crippen LogP contribution in [0.15, 0.2) is 41.5 Å². The fourth-order valence-electron chi connectivity index (χ4n) is 3.92. The highest BCUT2D eigenvalue weighted by Gasteiger charge is 2.37. The molecule has 0 saturated carbocycles. The van der Waals surface area contributed by atoms with Crippen LogP contribution in [0.2, 0.25) is 0 Å². The fourth-order valence-corrected chi connectivity index (χ4v) is 3.92. The third kappa shape index (κ3) is 2.51. The van der Waals surface area contributed by atoms with E-state index >= 15 is 0 Å². The normalized spacial score (nSPS) is 20.8. The van der Waals surface area contributed by atoms with E-state index in [1.165, 1.54) is 11.1 Å². The minimum atomic E-state index is 0.108. The first-order valence-electron chi connectivity index (χ1n) is 8.48. The van der Waals surface area contributed by atoms with Gasteiger partial charge in [0.1, 0.15) is 0 Å². The first-order valence-corrected chi connectivity index (χ1v) is 8.48. The van der Waals surface area contributed by atoms with Gasteiger partial charge < -0.3 is 19.6 Å². The summed E-state index contributed by atoms with van der Waals surface area (Å²) in [7, 11) is 4.90. The molecule has 0 bridgehead atoms. The highest BCUT2D eigenvalue weighted by Crippen LogP contribution is 2.44. The van der Waals surface area contributed by atoms with Gasteiger partial charge in [-0.05, 0) is 36.1 Å². The van der Waals surface area contributed by atoms with Crippen LogP contribution in [0.4, 0.5) is 0 Å². The topological polar surface area (TPSA) is 52.1 Å². The van der Waals surface area contributed by atoms with Crippen LogP contribution in [0.3, 0.4) is 0 Å². The minimum absolute atomic E-state index is 0.108. The van der Waals surface area contributed by atoms with Gasteiger partial charge in [-0.2, -0.15) is 5.10 Å². The lowest BCUT2D eigenvalue weighted by Crippen LogP contribution is -2.26. The molecule has 1 aliphatic heterocycles. The van der Waals surface area contributed by atoms with Crippen molar-refractivity contribution >= 4 is 5.71 Å². The van der Waals surface area contributed by atoms with Crippen molar-refractivity contribution in [3.63, 3.8) is 0 Å². The maximum absolute atomic E-state index is 5.50. The van der Waals surface area contributed by atoms with Crippen molar-refractivity contribution in [2.45, 2.75) is 18.9 Å². The highest BCUT2D eigenvalue weighted by atomic mass is 16.5. The van der Waals surface area contributed by atoms with Gasteiger partial charge in [0.15, 0.2) is 11.5 Å².